The molecule has 4 nitrogen and oxygen atoms in total. The number of anilines is 1. The Labute approximate surface area is 183 Å². The molecule has 5 heteroatoms. The fourth-order valence-electron chi connectivity index (χ4n) is 4.55. The van der Waals surface area contributed by atoms with Crippen molar-refractivity contribution in [2.45, 2.75) is 30.8 Å². The predicted octanol–water partition coefficient (Wildman–Crippen LogP) is 5.64. The van der Waals surface area contributed by atoms with E-state index in [-0.39, 0.29) is 10.9 Å². The van der Waals surface area contributed by atoms with Crippen LogP contribution in [0.15, 0.2) is 89.8 Å². The van der Waals surface area contributed by atoms with E-state index in [1.165, 1.54) is 5.56 Å². The van der Waals surface area contributed by atoms with Crippen LogP contribution in [0.5, 0.6) is 0 Å². The summed E-state index contributed by atoms with van der Waals surface area (Å²) in [6.45, 7) is 4.14. The number of nitrogens with one attached hydrogen (secondary N) is 2. The fraction of sp³-hybridized carbons (Fsp3) is 0.154. The molecule has 156 valence electrons. The molecule has 1 aliphatic rings. The molecule has 31 heavy (non-hydrogen) atoms. The summed E-state index contributed by atoms with van der Waals surface area (Å²) < 4.78 is 29.4. The molecule has 4 aromatic carbocycles. The SMILES string of the molecule is Cc1ccc(NC2c3cccc4cccc(c34)C2NS(=O)(=O)c2ccccc2)c(C)c1. The number of benzene rings is 4. The first-order valence-electron chi connectivity index (χ1n) is 10.4. The Morgan fingerprint density at radius 2 is 1.42 bits per heavy atom. The van der Waals surface area contributed by atoms with Crippen LogP contribution in [0.25, 0.3) is 10.8 Å². The Balaban J connectivity index is 1.61. The topological polar surface area (TPSA) is 58.2 Å². The van der Waals surface area contributed by atoms with Crippen LogP contribution < -0.4 is 10.0 Å². The Hall–Kier alpha value is -3.15. The molecule has 2 unspecified atom stereocenters. The smallest absolute Gasteiger partial charge is 0.241 e. The third-order valence-corrected chi connectivity index (χ3v) is 7.46. The van der Waals surface area contributed by atoms with Gasteiger partial charge in [-0.1, -0.05) is 72.3 Å². The van der Waals surface area contributed by atoms with E-state index in [2.05, 4.69) is 60.3 Å². The van der Waals surface area contributed by atoms with Gasteiger partial charge < -0.3 is 5.32 Å². The lowest BCUT2D eigenvalue weighted by molar-refractivity contribution is 0.534. The van der Waals surface area contributed by atoms with E-state index < -0.39 is 16.1 Å². The van der Waals surface area contributed by atoms with Crippen molar-refractivity contribution in [1.82, 2.24) is 4.72 Å². The highest BCUT2D eigenvalue weighted by Crippen LogP contribution is 2.46. The average molecular weight is 429 g/mol. The van der Waals surface area contributed by atoms with Gasteiger partial charge in [-0.05, 0) is 59.5 Å². The van der Waals surface area contributed by atoms with E-state index in [1.54, 1.807) is 24.3 Å². The third kappa shape index (κ3) is 3.50. The summed E-state index contributed by atoms with van der Waals surface area (Å²) in [5.74, 6) is 0. The molecule has 0 aromatic heterocycles. The lowest BCUT2D eigenvalue weighted by atomic mass is 10.0. The standard InChI is InChI=1S/C26H24N2O2S/c1-17-14-15-23(18(2)16-17)27-25-21-12-6-8-19-9-7-13-22(24(19)21)26(25)28-31(29,30)20-10-4-3-5-11-20/h3-16,25-28H,1-2H3. The van der Waals surface area contributed by atoms with Gasteiger partial charge in [0.2, 0.25) is 10.0 Å². The molecule has 0 saturated carbocycles. The summed E-state index contributed by atoms with van der Waals surface area (Å²) in [6.07, 6.45) is 0. The fourth-order valence-corrected chi connectivity index (χ4v) is 5.80. The number of hydrogen-bond donors (Lipinski definition) is 2. The van der Waals surface area contributed by atoms with E-state index in [1.807, 2.05) is 24.3 Å². The second-order valence-corrected chi connectivity index (χ2v) is 9.86. The number of sulfonamides is 1. The average Bonchev–Trinajstić information content (AvgIpc) is 3.05. The predicted molar refractivity (Wildman–Crippen MR) is 126 cm³/mol. The molecule has 2 N–H and O–H groups in total. The number of hydrogen-bond acceptors (Lipinski definition) is 3. The van der Waals surface area contributed by atoms with Gasteiger partial charge in [0, 0.05) is 5.69 Å². The van der Waals surface area contributed by atoms with E-state index in [0.717, 1.165) is 33.2 Å². The van der Waals surface area contributed by atoms with Crippen LogP contribution in [-0.2, 0) is 10.0 Å². The Kier molecular flexibility index (Phi) is 4.80. The molecule has 0 fully saturated rings. The minimum atomic E-state index is -3.69. The summed E-state index contributed by atoms with van der Waals surface area (Å²) in [5.41, 5.74) is 5.43. The number of aryl methyl sites for hydroxylation is 2. The van der Waals surface area contributed by atoms with Crippen molar-refractivity contribution in [2.24, 2.45) is 0 Å². The summed E-state index contributed by atoms with van der Waals surface area (Å²) in [6, 6.07) is 26.4. The Bertz CT molecular complexity index is 1380. The summed E-state index contributed by atoms with van der Waals surface area (Å²) >= 11 is 0. The number of rotatable bonds is 5. The van der Waals surface area contributed by atoms with Crippen molar-refractivity contribution < 1.29 is 8.42 Å². The highest BCUT2D eigenvalue weighted by atomic mass is 32.2. The summed E-state index contributed by atoms with van der Waals surface area (Å²) in [4.78, 5) is 0.267. The second kappa shape index (κ2) is 7.52. The molecule has 0 heterocycles. The summed E-state index contributed by atoms with van der Waals surface area (Å²) in [7, 11) is -3.69. The molecule has 1 aliphatic carbocycles. The van der Waals surface area contributed by atoms with Crippen LogP contribution in [0.3, 0.4) is 0 Å². The molecule has 0 spiro atoms. The highest BCUT2D eigenvalue weighted by Gasteiger charge is 2.37. The van der Waals surface area contributed by atoms with E-state index in [9.17, 15) is 8.42 Å². The monoisotopic (exact) mass is 428 g/mol. The minimum Gasteiger partial charge on any atom is -0.376 e. The van der Waals surface area contributed by atoms with Crippen molar-refractivity contribution in [3.05, 3.63) is 107 Å². The molecular formula is C26H24N2O2S. The van der Waals surface area contributed by atoms with E-state index in [0.29, 0.717) is 0 Å². The van der Waals surface area contributed by atoms with Gasteiger partial charge in [0.25, 0.3) is 0 Å². The molecule has 2 atom stereocenters. The Morgan fingerprint density at radius 3 is 2.10 bits per heavy atom. The maximum absolute atomic E-state index is 13.2. The molecule has 5 rings (SSSR count). The van der Waals surface area contributed by atoms with Gasteiger partial charge in [0.15, 0.2) is 0 Å². The van der Waals surface area contributed by atoms with Crippen molar-refractivity contribution in [3.63, 3.8) is 0 Å². The largest absolute Gasteiger partial charge is 0.376 e. The van der Waals surface area contributed by atoms with Crippen molar-refractivity contribution in [1.29, 1.82) is 0 Å². The van der Waals surface area contributed by atoms with Crippen LogP contribution in [0.1, 0.15) is 34.3 Å². The first kappa shape index (κ1) is 19.8. The lowest BCUT2D eigenvalue weighted by Gasteiger charge is -2.26. The molecule has 0 radical (unpaired) electrons. The van der Waals surface area contributed by atoms with E-state index in [4.69, 9.17) is 0 Å². The zero-order valence-corrected chi connectivity index (χ0v) is 18.3. The van der Waals surface area contributed by atoms with Gasteiger partial charge >= 0.3 is 0 Å². The van der Waals surface area contributed by atoms with Gasteiger partial charge in [0.05, 0.1) is 17.0 Å². The third-order valence-electron chi connectivity index (χ3n) is 6.00. The van der Waals surface area contributed by atoms with Crippen LogP contribution in [0.2, 0.25) is 0 Å². The first-order chi connectivity index (χ1) is 14.9. The lowest BCUT2D eigenvalue weighted by Crippen LogP contribution is -2.33. The zero-order chi connectivity index (χ0) is 21.6. The van der Waals surface area contributed by atoms with Crippen LogP contribution in [-0.4, -0.2) is 8.42 Å². The normalized spacial score (nSPS) is 17.7. The van der Waals surface area contributed by atoms with Crippen molar-refractivity contribution in [2.75, 3.05) is 5.32 Å². The van der Waals surface area contributed by atoms with E-state index >= 15 is 0 Å². The van der Waals surface area contributed by atoms with Crippen molar-refractivity contribution >= 4 is 26.5 Å². The maximum Gasteiger partial charge on any atom is 0.241 e. The van der Waals surface area contributed by atoms with Gasteiger partial charge in [0.1, 0.15) is 0 Å². The van der Waals surface area contributed by atoms with Gasteiger partial charge in [-0.2, -0.15) is 0 Å². The minimum absolute atomic E-state index is 0.221. The first-order valence-corrected chi connectivity index (χ1v) is 11.8. The summed E-state index contributed by atoms with van der Waals surface area (Å²) in [5, 5.41) is 5.87. The van der Waals surface area contributed by atoms with Gasteiger partial charge in [-0.3, -0.25) is 0 Å². The van der Waals surface area contributed by atoms with Gasteiger partial charge in [-0.15, -0.1) is 0 Å². The molecule has 0 amide bonds. The van der Waals surface area contributed by atoms with Crippen LogP contribution in [0.4, 0.5) is 5.69 Å². The quantitative estimate of drug-likeness (QED) is 0.432. The maximum atomic E-state index is 13.2. The molecule has 4 aromatic rings. The molecule has 0 saturated heterocycles. The molecular weight excluding hydrogens is 404 g/mol. The van der Waals surface area contributed by atoms with Crippen molar-refractivity contribution in [3.8, 4) is 0 Å². The molecule has 0 bridgehead atoms. The molecule has 0 aliphatic heterocycles. The highest BCUT2D eigenvalue weighted by molar-refractivity contribution is 7.89. The van der Waals surface area contributed by atoms with Gasteiger partial charge in [-0.25, -0.2) is 13.1 Å². The second-order valence-electron chi connectivity index (χ2n) is 8.14. The zero-order valence-electron chi connectivity index (χ0n) is 17.5. The Morgan fingerprint density at radius 1 is 0.742 bits per heavy atom. The van der Waals surface area contributed by atoms with Crippen LogP contribution >= 0.6 is 0 Å². The van der Waals surface area contributed by atoms with Crippen LogP contribution in [0, 0.1) is 13.8 Å².